The van der Waals surface area contributed by atoms with E-state index in [-0.39, 0.29) is 0 Å². The summed E-state index contributed by atoms with van der Waals surface area (Å²) in [5.74, 6) is 1.08. The van der Waals surface area contributed by atoms with Gasteiger partial charge in [-0.25, -0.2) is 0 Å². The average Bonchev–Trinajstić information content (AvgIpc) is 2.92. The van der Waals surface area contributed by atoms with E-state index in [1.165, 1.54) is 80.9 Å². The molecule has 0 saturated heterocycles. The summed E-state index contributed by atoms with van der Waals surface area (Å²) in [4.78, 5) is -0.432. The second-order valence-electron chi connectivity index (χ2n) is 9.89. The topological polar surface area (TPSA) is 9.23 Å². The van der Waals surface area contributed by atoms with Crippen LogP contribution < -0.4 is 0 Å². The maximum atomic E-state index is 6.59. The molecular formula is C33H44OS2. The van der Waals surface area contributed by atoms with Gasteiger partial charge in [-0.2, -0.15) is 0 Å². The van der Waals surface area contributed by atoms with Gasteiger partial charge in [-0.15, -0.1) is 11.8 Å². The lowest BCUT2D eigenvalue weighted by molar-refractivity contribution is 0.211. The van der Waals surface area contributed by atoms with Gasteiger partial charge in [-0.1, -0.05) is 132 Å². The molecule has 0 spiro atoms. The number of ether oxygens (including phenoxy) is 1. The molecule has 0 saturated carbocycles. The zero-order valence-corrected chi connectivity index (χ0v) is 24.0. The van der Waals surface area contributed by atoms with Gasteiger partial charge in [-0.3, -0.25) is 0 Å². The number of thiocarbonyl (C=S) groups is 1. The van der Waals surface area contributed by atoms with Gasteiger partial charge in [0.15, 0.2) is 9.98 Å². The van der Waals surface area contributed by atoms with Crippen molar-refractivity contribution in [3.05, 3.63) is 89.5 Å². The first-order chi connectivity index (χ1) is 17.7. The fraction of sp³-hybridized carbons (Fsp3) is 0.485. The standard InChI is InChI=1S/C33H44OS2/c1-3-5-7-9-10-12-16-28-19-21-31(22-20-28)32(35)34-33(36-27-15-8-6-4-2)25-23-30(24-26-33)29-17-13-11-14-18-29/h11,13-14,17-25H,3-10,12,15-16,26-27H2,1-2H3. The van der Waals surface area contributed by atoms with E-state index in [1.807, 2.05) is 11.8 Å². The summed E-state index contributed by atoms with van der Waals surface area (Å²) < 4.78 is 6.59. The molecule has 0 N–H and O–H groups in total. The molecule has 0 amide bonds. The number of benzene rings is 2. The zero-order valence-electron chi connectivity index (χ0n) is 22.3. The molecule has 0 bridgehead atoms. The van der Waals surface area contributed by atoms with Crippen molar-refractivity contribution in [1.82, 2.24) is 0 Å². The third-order valence-electron chi connectivity index (χ3n) is 6.85. The van der Waals surface area contributed by atoms with Gasteiger partial charge in [0.05, 0.1) is 0 Å². The van der Waals surface area contributed by atoms with Crippen LogP contribution in [0.25, 0.3) is 5.57 Å². The number of allylic oxidation sites excluding steroid dienone is 2. The van der Waals surface area contributed by atoms with Gasteiger partial charge in [0.1, 0.15) is 0 Å². The molecule has 1 aliphatic rings. The van der Waals surface area contributed by atoms with E-state index in [1.54, 1.807) is 0 Å². The molecule has 1 nitrogen and oxygen atoms in total. The van der Waals surface area contributed by atoms with Crippen LogP contribution in [0.3, 0.4) is 0 Å². The van der Waals surface area contributed by atoms with E-state index in [0.717, 1.165) is 24.2 Å². The summed E-state index contributed by atoms with van der Waals surface area (Å²) in [5, 5.41) is 0.600. The molecule has 0 fully saturated rings. The molecular weight excluding hydrogens is 476 g/mol. The number of unbranched alkanes of at least 4 members (excludes halogenated alkanes) is 8. The van der Waals surface area contributed by atoms with Crippen molar-refractivity contribution in [2.75, 3.05) is 5.75 Å². The molecule has 1 aliphatic carbocycles. The summed E-state index contributed by atoms with van der Waals surface area (Å²) in [5.41, 5.74) is 4.91. The summed E-state index contributed by atoms with van der Waals surface area (Å²) in [7, 11) is 0. The summed E-state index contributed by atoms with van der Waals surface area (Å²) in [6.45, 7) is 4.53. The van der Waals surface area contributed by atoms with E-state index < -0.39 is 4.93 Å². The van der Waals surface area contributed by atoms with Gasteiger partial charge in [0.25, 0.3) is 0 Å². The maximum absolute atomic E-state index is 6.59. The SMILES string of the molecule is CCCCCCCCc1ccc(C(=S)OC2(SCCCCCC)C=CC(c3ccccc3)=CC2)cc1. The van der Waals surface area contributed by atoms with E-state index in [0.29, 0.717) is 5.05 Å². The Bertz CT molecular complexity index is 961. The van der Waals surface area contributed by atoms with Crippen LogP contribution in [0.2, 0.25) is 0 Å². The molecule has 1 atom stereocenters. The van der Waals surface area contributed by atoms with Gasteiger partial charge in [-0.05, 0) is 60.0 Å². The van der Waals surface area contributed by atoms with E-state index >= 15 is 0 Å². The summed E-state index contributed by atoms with van der Waals surface area (Å²) >= 11 is 7.71. The van der Waals surface area contributed by atoms with Crippen molar-refractivity contribution < 1.29 is 4.74 Å². The molecule has 2 aromatic rings. The first-order valence-corrected chi connectivity index (χ1v) is 15.5. The molecule has 0 heterocycles. The van der Waals surface area contributed by atoms with Crippen molar-refractivity contribution in [1.29, 1.82) is 0 Å². The van der Waals surface area contributed by atoms with Crippen molar-refractivity contribution in [2.45, 2.75) is 95.8 Å². The number of hydrogen-bond acceptors (Lipinski definition) is 3. The highest BCUT2D eigenvalue weighted by molar-refractivity contribution is 8.00. The van der Waals surface area contributed by atoms with Gasteiger partial charge < -0.3 is 4.74 Å². The molecule has 3 heteroatoms. The van der Waals surface area contributed by atoms with Crippen LogP contribution in [0, 0.1) is 0 Å². The molecule has 36 heavy (non-hydrogen) atoms. The fourth-order valence-corrected chi connectivity index (χ4v) is 6.11. The Balaban J connectivity index is 1.59. The van der Waals surface area contributed by atoms with Crippen molar-refractivity contribution in [3.63, 3.8) is 0 Å². The highest BCUT2D eigenvalue weighted by atomic mass is 32.2. The highest BCUT2D eigenvalue weighted by Gasteiger charge is 2.32. The lowest BCUT2D eigenvalue weighted by Gasteiger charge is -2.33. The predicted molar refractivity (Wildman–Crippen MR) is 164 cm³/mol. The quantitative estimate of drug-likeness (QED) is 0.124. The van der Waals surface area contributed by atoms with Crippen LogP contribution in [0.15, 0.2) is 72.8 Å². The predicted octanol–water partition coefficient (Wildman–Crippen LogP) is 10.3. The summed E-state index contributed by atoms with van der Waals surface area (Å²) in [6, 6.07) is 19.3. The van der Waals surface area contributed by atoms with Gasteiger partial charge in [0.2, 0.25) is 0 Å². The van der Waals surface area contributed by atoms with Crippen LogP contribution in [0.4, 0.5) is 0 Å². The van der Waals surface area contributed by atoms with Crippen LogP contribution in [-0.2, 0) is 11.2 Å². The smallest absolute Gasteiger partial charge is 0.193 e. The third kappa shape index (κ3) is 9.56. The fourth-order valence-electron chi connectivity index (χ4n) is 4.57. The largest absolute Gasteiger partial charge is 0.461 e. The minimum atomic E-state index is -0.432. The maximum Gasteiger partial charge on any atom is 0.193 e. The van der Waals surface area contributed by atoms with Crippen molar-refractivity contribution in [2.24, 2.45) is 0 Å². The highest BCUT2D eigenvalue weighted by Crippen LogP contribution is 2.39. The Morgan fingerprint density at radius 2 is 1.50 bits per heavy atom. The van der Waals surface area contributed by atoms with E-state index in [4.69, 9.17) is 17.0 Å². The molecule has 2 aromatic carbocycles. The van der Waals surface area contributed by atoms with Crippen LogP contribution in [0.5, 0.6) is 0 Å². The Hall–Kier alpha value is -1.84. The number of aryl methyl sites for hydroxylation is 1. The van der Waals surface area contributed by atoms with Crippen molar-refractivity contribution in [3.8, 4) is 0 Å². The van der Waals surface area contributed by atoms with Crippen LogP contribution >= 0.6 is 24.0 Å². The molecule has 0 aliphatic heterocycles. The van der Waals surface area contributed by atoms with E-state index in [9.17, 15) is 0 Å². The number of hydrogen-bond donors (Lipinski definition) is 0. The number of thioether (sulfide) groups is 1. The second kappa shape index (κ2) is 16.1. The third-order valence-corrected chi connectivity index (χ3v) is 8.54. The Morgan fingerprint density at radius 1 is 0.833 bits per heavy atom. The molecule has 194 valence electrons. The average molecular weight is 521 g/mol. The number of rotatable bonds is 16. The van der Waals surface area contributed by atoms with Gasteiger partial charge >= 0.3 is 0 Å². The monoisotopic (exact) mass is 520 g/mol. The summed E-state index contributed by atoms with van der Waals surface area (Å²) in [6.07, 6.45) is 21.8. The first-order valence-electron chi connectivity index (χ1n) is 14.1. The Labute approximate surface area is 229 Å². The molecule has 3 rings (SSSR count). The lowest BCUT2D eigenvalue weighted by Crippen LogP contribution is -2.30. The zero-order chi connectivity index (χ0) is 25.5. The minimum absolute atomic E-state index is 0.432. The second-order valence-corrected chi connectivity index (χ2v) is 11.6. The Kier molecular flexibility index (Phi) is 12.8. The molecule has 0 radical (unpaired) electrons. The lowest BCUT2D eigenvalue weighted by atomic mass is 9.98. The minimum Gasteiger partial charge on any atom is -0.461 e. The van der Waals surface area contributed by atoms with Crippen molar-refractivity contribution >= 4 is 34.6 Å². The Morgan fingerprint density at radius 3 is 2.17 bits per heavy atom. The molecule has 0 aromatic heterocycles. The molecule has 1 unspecified atom stereocenters. The van der Waals surface area contributed by atoms with Crippen LogP contribution in [0.1, 0.15) is 101 Å². The normalized spacial score (nSPS) is 17.1. The van der Waals surface area contributed by atoms with E-state index in [2.05, 4.69) is 86.7 Å². The first kappa shape index (κ1) is 28.7. The van der Waals surface area contributed by atoms with Gasteiger partial charge in [0, 0.05) is 12.0 Å². The van der Waals surface area contributed by atoms with Crippen LogP contribution in [-0.4, -0.2) is 15.7 Å².